The van der Waals surface area contributed by atoms with Crippen LogP contribution in [0.1, 0.15) is 5.56 Å². The van der Waals surface area contributed by atoms with Gasteiger partial charge in [0.05, 0.1) is 4.90 Å². The van der Waals surface area contributed by atoms with Gasteiger partial charge < -0.3 is 4.90 Å². The average molecular weight is 439 g/mol. The molecule has 1 saturated heterocycles. The van der Waals surface area contributed by atoms with Gasteiger partial charge >= 0.3 is 0 Å². The van der Waals surface area contributed by atoms with Crippen LogP contribution in [0.15, 0.2) is 71.9 Å². The van der Waals surface area contributed by atoms with Gasteiger partial charge in [0.1, 0.15) is 0 Å². The monoisotopic (exact) mass is 438 g/mol. The predicted octanol–water partition coefficient (Wildman–Crippen LogP) is 2.26. The number of piperazine rings is 1. The number of hydroxylamine groups is 1. The van der Waals surface area contributed by atoms with Crippen molar-refractivity contribution < 1.29 is 18.4 Å². The Hall–Kier alpha value is -3.27. The lowest BCUT2D eigenvalue weighted by atomic mass is 10.1. The number of anilines is 1. The minimum Gasteiger partial charge on any atom is -0.368 e. The van der Waals surface area contributed by atoms with Crippen LogP contribution in [0.4, 0.5) is 5.69 Å². The molecule has 0 bridgehead atoms. The summed E-state index contributed by atoms with van der Waals surface area (Å²) in [5.41, 5.74) is 3.28. The maximum absolute atomic E-state index is 13.3. The SMILES string of the molecule is O=C(/C=C/c1ccccc1N1CCN(S(=O)(=O)c2cccc3cnccc23)CC1)NO. The first-order valence-electron chi connectivity index (χ1n) is 9.80. The van der Waals surface area contributed by atoms with Crippen molar-refractivity contribution in [2.75, 3.05) is 31.1 Å². The molecule has 0 aliphatic carbocycles. The number of rotatable bonds is 5. The highest BCUT2D eigenvalue weighted by Gasteiger charge is 2.30. The smallest absolute Gasteiger partial charge is 0.267 e. The zero-order valence-corrected chi connectivity index (χ0v) is 17.5. The second-order valence-electron chi connectivity index (χ2n) is 7.11. The molecule has 1 amide bonds. The van der Waals surface area contributed by atoms with E-state index in [0.29, 0.717) is 36.5 Å². The van der Waals surface area contributed by atoms with Gasteiger partial charge in [-0.05, 0) is 29.8 Å². The maximum atomic E-state index is 13.3. The summed E-state index contributed by atoms with van der Waals surface area (Å²) in [5.74, 6) is -0.615. The second-order valence-corrected chi connectivity index (χ2v) is 9.02. The quantitative estimate of drug-likeness (QED) is 0.360. The highest BCUT2D eigenvalue weighted by molar-refractivity contribution is 7.89. The summed E-state index contributed by atoms with van der Waals surface area (Å²) >= 11 is 0. The number of pyridine rings is 1. The van der Waals surface area contributed by atoms with E-state index < -0.39 is 15.9 Å². The molecule has 1 aromatic heterocycles. The highest BCUT2D eigenvalue weighted by atomic mass is 32.2. The first kappa shape index (κ1) is 21.0. The van der Waals surface area contributed by atoms with Crippen molar-refractivity contribution in [1.82, 2.24) is 14.8 Å². The Morgan fingerprint density at radius 3 is 2.58 bits per heavy atom. The van der Waals surface area contributed by atoms with Gasteiger partial charge in [0.15, 0.2) is 0 Å². The highest BCUT2D eigenvalue weighted by Crippen LogP contribution is 2.28. The molecule has 0 spiro atoms. The van der Waals surface area contributed by atoms with Crippen LogP contribution in [0.2, 0.25) is 0 Å². The third-order valence-electron chi connectivity index (χ3n) is 5.30. The molecule has 2 aromatic carbocycles. The summed E-state index contributed by atoms with van der Waals surface area (Å²) in [5, 5.41) is 10.1. The number of aromatic nitrogens is 1. The number of amides is 1. The number of carbonyl (C=O) groups excluding carboxylic acids is 1. The number of hydrogen-bond acceptors (Lipinski definition) is 6. The minimum absolute atomic E-state index is 0.291. The van der Waals surface area contributed by atoms with Crippen LogP contribution in [0, 0.1) is 0 Å². The van der Waals surface area contributed by atoms with E-state index in [1.165, 1.54) is 10.4 Å². The maximum Gasteiger partial charge on any atom is 0.267 e. The molecular weight excluding hydrogens is 416 g/mol. The summed E-state index contributed by atoms with van der Waals surface area (Å²) in [6, 6.07) is 14.5. The molecule has 0 atom stereocenters. The average Bonchev–Trinajstić information content (AvgIpc) is 2.82. The summed E-state index contributed by atoms with van der Waals surface area (Å²) in [7, 11) is -3.65. The third kappa shape index (κ3) is 4.29. The van der Waals surface area contributed by atoms with Gasteiger partial charge in [-0.25, -0.2) is 13.9 Å². The summed E-state index contributed by atoms with van der Waals surface area (Å²) < 4.78 is 28.2. The van der Waals surface area contributed by atoms with Crippen molar-refractivity contribution in [1.29, 1.82) is 0 Å². The normalized spacial score (nSPS) is 15.5. The fourth-order valence-corrected chi connectivity index (χ4v) is 5.38. The number of nitrogens with one attached hydrogen (secondary N) is 1. The molecule has 31 heavy (non-hydrogen) atoms. The van der Waals surface area contributed by atoms with Crippen molar-refractivity contribution in [2.45, 2.75) is 4.90 Å². The van der Waals surface area contributed by atoms with Crippen molar-refractivity contribution in [3.8, 4) is 0 Å². The molecule has 4 rings (SSSR count). The van der Waals surface area contributed by atoms with E-state index in [1.54, 1.807) is 42.1 Å². The first-order chi connectivity index (χ1) is 15.0. The molecule has 2 N–H and O–H groups in total. The molecule has 0 radical (unpaired) electrons. The van der Waals surface area contributed by atoms with Gasteiger partial charge in [-0.3, -0.25) is 15.0 Å². The Morgan fingerprint density at radius 1 is 1.03 bits per heavy atom. The third-order valence-corrected chi connectivity index (χ3v) is 7.26. The number of sulfonamides is 1. The molecule has 1 fully saturated rings. The molecule has 8 nitrogen and oxygen atoms in total. The lowest BCUT2D eigenvalue weighted by Crippen LogP contribution is -2.48. The van der Waals surface area contributed by atoms with E-state index in [1.807, 2.05) is 30.3 Å². The first-order valence-corrected chi connectivity index (χ1v) is 11.2. The summed E-state index contributed by atoms with van der Waals surface area (Å²) in [6.07, 6.45) is 6.12. The van der Waals surface area contributed by atoms with E-state index in [2.05, 4.69) is 9.88 Å². The molecular formula is C22H22N4O4S. The van der Waals surface area contributed by atoms with Gasteiger partial charge in [0, 0.05) is 61.1 Å². The van der Waals surface area contributed by atoms with Crippen LogP contribution in [0.3, 0.4) is 0 Å². The Morgan fingerprint density at radius 2 is 1.81 bits per heavy atom. The van der Waals surface area contributed by atoms with Crippen LogP contribution in [0.5, 0.6) is 0 Å². The molecule has 1 aliphatic rings. The zero-order valence-electron chi connectivity index (χ0n) is 16.7. The lowest BCUT2D eigenvalue weighted by Gasteiger charge is -2.36. The van der Waals surface area contributed by atoms with Crippen LogP contribution in [-0.2, 0) is 14.8 Å². The fraction of sp³-hybridized carbons (Fsp3) is 0.182. The van der Waals surface area contributed by atoms with Gasteiger partial charge in [-0.2, -0.15) is 4.31 Å². The minimum atomic E-state index is -3.65. The second kappa shape index (κ2) is 8.84. The van der Waals surface area contributed by atoms with Crippen LogP contribution < -0.4 is 10.4 Å². The molecule has 9 heteroatoms. The number of hydrogen-bond donors (Lipinski definition) is 2. The van der Waals surface area contributed by atoms with Gasteiger partial charge in [-0.15, -0.1) is 0 Å². The standard InChI is InChI=1S/C22H22N4O4S/c27-22(24-28)9-8-17-4-1-2-6-20(17)25-12-14-26(15-13-25)31(29,30)21-7-3-5-18-16-23-11-10-19(18)21/h1-11,16,28H,12-15H2,(H,24,27)/b9-8+. The Bertz CT molecular complexity index is 1230. The zero-order chi connectivity index (χ0) is 21.8. The van der Waals surface area contributed by atoms with Crippen molar-refractivity contribution in [3.05, 3.63) is 72.6 Å². The number of benzene rings is 2. The van der Waals surface area contributed by atoms with Crippen LogP contribution in [0.25, 0.3) is 16.8 Å². The van der Waals surface area contributed by atoms with Crippen molar-refractivity contribution in [2.24, 2.45) is 0 Å². The number of fused-ring (bicyclic) bond motifs is 1. The lowest BCUT2D eigenvalue weighted by molar-refractivity contribution is -0.124. The van der Waals surface area contributed by atoms with E-state index >= 15 is 0 Å². The number of carbonyl (C=O) groups is 1. The van der Waals surface area contributed by atoms with Gasteiger partial charge in [0.25, 0.3) is 5.91 Å². The largest absolute Gasteiger partial charge is 0.368 e. The van der Waals surface area contributed by atoms with Crippen LogP contribution >= 0.6 is 0 Å². The van der Waals surface area contributed by atoms with Crippen LogP contribution in [-0.4, -0.2) is 55.0 Å². The fourth-order valence-electron chi connectivity index (χ4n) is 3.75. The Balaban J connectivity index is 1.54. The molecule has 160 valence electrons. The molecule has 1 aliphatic heterocycles. The van der Waals surface area contributed by atoms with E-state index in [9.17, 15) is 13.2 Å². The topological polar surface area (TPSA) is 103 Å². The van der Waals surface area contributed by atoms with Crippen molar-refractivity contribution in [3.63, 3.8) is 0 Å². The van der Waals surface area contributed by atoms with Crippen molar-refractivity contribution >= 4 is 38.5 Å². The summed E-state index contributed by atoms with van der Waals surface area (Å²) in [6.45, 7) is 1.73. The Labute approximate surface area is 180 Å². The van der Waals surface area contributed by atoms with E-state index in [0.717, 1.165) is 16.6 Å². The Kier molecular flexibility index (Phi) is 5.99. The predicted molar refractivity (Wildman–Crippen MR) is 118 cm³/mol. The summed E-state index contributed by atoms with van der Waals surface area (Å²) in [4.78, 5) is 17.8. The van der Waals surface area contributed by atoms with E-state index in [4.69, 9.17) is 5.21 Å². The number of nitrogens with zero attached hydrogens (tertiary/aromatic N) is 3. The molecule has 3 aromatic rings. The molecule has 0 unspecified atom stereocenters. The molecule has 2 heterocycles. The number of para-hydroxylation sites is 1. The van der Waals surface area contributed by atoms with Gasteiger partial charge in [-0.1, -0.05) is 30.3 Å². The molecule has 0 saturated carbocycles. The van der Waals surface area contributed by atoms with E-state index in [-0.39, 0.29) is 0 Å². The van der Waals surface area contributed by atoms with Gasteiger partial charge in [0.2, 0.25) is 10.0 Å².